The first-order valence-corrected chi connectivity index (χ1v) is 8.01. The first-order chi connectivity index (χ1) is 12.8. The van der Waals surface area contributed by atoms with Gasteiger partial charge in [-0.1, -0.05) is 30.3 Å². The number of carbonyl (C=O) groups excluding carboxylic acids is 1. The van der Waals surface area contributed by atoms with Gasteiger partial charge in [0.05, 0.1) is 30.4 Å². The zero-order valence-electron chi connectivity index (χ0n) is 13.7. The highest BCUT2D eigenvalue weighted by molar-refractivity contribution is 6.08. The zero-order valence-corrected chi connectivity index (χ0v) is 13.7. The number of amides is 1. The summed E-state index contributed by atoms with van der Waals surface area (Å²) in [7, 11) is 0. The maximum Gasteiger partial charge on any atom is 0.261 e. The van der Waals surface area contributed by atoms with E-state index in [1.807, 2.05) is 36.4 Å². The number of aliphatic hydroxyl groups is 1. The SMILES string of the molecule is O=C(Nc1cnccc1CO)c1cnn2c(-c3ccccc3)ccnc12. The number of hydrogen-bond acceptors (Lipinski definition) is 5. The van der Waals surface area contributed by atoms with E-state index in [0.29, 0.717) is 22.5 Å². The summed E-state index contributed by atoms with van der Waals surface area (Å²) in [5.41, 5.74) is 3.66. The molecule has 26 heavy (non-hydrogen) atoms. The first kappa shape index (κ1) is 15.9. The van der Waals surface area contributed by atoms with E-state index < -0.39 is 0 Å². The lowest BCUT2D eigenvalue weighted by molar-refractivity contribution is 0.102. The number of pyridine rings is 1. The van der Waals surface area contributed by atoms with E-state index in [9.17, 15) is 9.90 Å². The molecule has 0 saturated heterocycles. The molecule has 2 N–H and O–H groups in total. The van der Waals surface area contributed by atoms with E-state index in [0.717, 1.165) is 11.3 Å². The summed E-state index contributed by atoms with van der Waals surface area (Å²) >= 11 is 0. The maximum absolute atomic E-state index is 12.7. The van der Waals surface area contributed by atoms with Crippen LogP contribution in [0.5, 0.6) is 0 Å². The third kappa shape index (κ3) is 2.80. The van der Waals surface area contributed by atoms with Gasteiger partial charge >= 0.3 is 0 Å². The Morgan fingerprint density at radius 3 is 2.73 bits per heavy atom. The van der Waals surface area contributed by atoms with Gasteiger partial charge in [-0.2, -0.15) is 5.10 Å². The van der Waals surface area contributed by atoms with Crippen LogP contribution in [0.25, 0.3) is 16.9 Å². The van der Waals surface area contributed by atoms with Crippen LogP contribution in [0.2, 0.25) is 0 Å². The van der Waals surface area contributed by atoms with Crippen LogP contribution in [-0.4, -0.2) is 30.6 Å². The van der Waals surface area contributed by atoms with Crippen LogP contribution in [0.3, 0.4) is 0 Å². The smallest absolute Gasteiger partial charge is 0.261 e. The number of anilines is 1. The molecule has 3 heterocycles. The quantitative estimate of drug-likeness (QED) is 0.593. The van der Waals surface area contributed by atoms with Crippen molar-refractivity contribution < 1.29 is 9.90 Å². The average Bonchev–Trinajstić information content (AvgIpc) is 3.13. The molecule has 4 rings (SSSR count). The van der Waals surface area contributed by atoms with Gasteiger partial charge in [-0.3, -0.25) is 9.78 Å². The Morgan fingerprint density at radius 1 is 1.08 bits per heavy atom. The van der Waals surface area contributed by atoms with Crippen LogP contribution in [-0.2, 0) is 6.61 Å². The third-order valence-corrected chi connectivity index (χ3v) is 4.05. The van der Waals surface area contributed by atoms with E-state index in [2.05, 4.69) is 20.4 Å². The summed E-state index contributed by atoms with van der Waals surface area (Å²) in [6.45, 7) is -0.191. The fourth-order valence-corrected chi connectivity index (χ4v) is 2.74. The molecule has 0 unspecified atom stereocenters. The Bertz CT molecular complexity index is 1080. The van der Waals surface area contributed by atoms with E-state index in [4.69, 9.17) is 0 Å². The monoisotopic (exact) mass is 345 g/mol. The second-order valence-corrected chi connectivity index (χ2v) is 5.63. The Hall–Kier alpha value is -3.58. The molecule has 0 radical (unpaired) electrons. The number of benzene rings is 1. The van der Waals surface area contributed by atoms with Crippen molar-refractivity contribution in [2.75, 3.05) is 5.32 Å². The highest BCUT2D eigenvalue weighted by Crippen LogP contribution is 2.21. The molecule has 0 aliphatic heterocycles. The topological polar surface area (TPSA) is 92.4 Å². The number of carbonyl (C=O) groups is 1. The highest BCUT2D eigenvalue weighted by Gasteiger charge is 2.17. The van der Waals surface area contributed by atoms with E-state index >= 15 is 0 Å². The lowest BCUT2D eigenvalue weighted by atomic mass is 10.1. The van der Waals surface area contributed by atoms with E-state index in [-0.39, 0.29) is 12.5 Å². The number of aliphatic hydroxyl groups excluding tert-OH is 1. The molecule has 0 fully saturated rings. The van der Waals surface area contributed by atoms with Gasteiger partial charge in [0.2, 0.25) is 0 Å². The summed E-state index contributed by atoms with van der Waals surface area (Å²) < 4.78 is 1.64. The van der Waals surface area contributed by atoms with Gasteiger partial charge in [0.15, 0.2) is 5.65 Å². The molecule has 0 bridgehead atoms. The minimum absolute atomic E-state index is 0.191. The summed E-state index contributed by atoms with van der Waals surface area (Å²) in [6, 6.07) is 13.3. The van der Waals surface area contributed by atoms with Gasteiger partial charge in [0.25, 0.3) is 5.91 Å². The molecule has 1 amide bonds. The van der Waals surface area contributed by atoms with Crippen molar-refractivity contribution >= 4 is 17.2 Å². The molecule has 4 aromatic rings. The number of rotatable bonds is 4. The molecule has 7 heteroatoms. The molecule has 7 nitrogen and oxygen atoms in total. The van der Waals surface area contributed by atoms with E-state index in [1.165, 1.54) is 12.4 Å². The van der Waals surface area contributed by atoms with E-state index in [1.54, 1.807) is 23.0 Å². The normalized spacial score (nSPS) is 10.8. The molecule has 0 spiro atoms. The molecular weight excluding hydrogens is 330 g/mol. The van der Waals surface area contributed by atoms with Crippen molar-refractivity contribution in [1.82, 2.24) is 19.6 Å². The van der Waals surface area contributed by atoms with Gasteiger partial charge in [-0.25, -0.2) is 9.50 Å². The standard InChI is InChI=1S/C19H15N5O2/c25-12-14-6-8-20-11-16(14)23-19(26)15-10-22-24-17(7-9-21-18(15)24)13-4-2-1-3-5-13/h1-11,25H,12H2,(H,23,26). The third-order valence-electron chi connectivity index (χ3n) is 4.05. The Morgan fingerprint density at radius 2 is 1.92 bits per heavy atom. The highest BCUT2D eigenvalue weighted by atomic mass is 16.3. The number of nitrogens with one attached hydrogen (secondary N) is 1. The van der Waals surface area contributed by atoms with Gasteiger partial charge in [0, 0.05) is 23.5 Å². The number of hydrogen-bond donors (Lipinski definition) is 2. The van der Waals surface area contributed by atoms with Gasteiger partial charge < -0.3 is 10.4 Å². The minimum atomic E-state index is -0.361. The first-order valence-electron chi connectivity index (χ1n) is 8.01. The van der Waals surface area contributed by atoms with Gasteiger partial charge in [0.1, 0.15) is 5.56 Å². The lowest BCUT2D eigenvalue weighted by Crippen LogP contribution is -2.14. The molecule has 0 atom stereocenters. The summed E-state index contributed by atoms with van der Waals surface area (Å²) in [6.07, 6.45) is 6.20. The predicted octanol–water partition coefficient (Wildman–Crippen LogP) is 2.54. The lowest BCUT2D eigenvalue weighted by Gasteiger charge is -2.08. The van der Waals surface area contributed by atoms with Crippen LogP contribution in [0.4, 0.5) is 5.69 Å². The number of fused-ring (bicyclic) bond motifs is 1. The molecule has 0 aliphatic rings. The molecule has 0 aliphatic carbocycles. The average molecular weight is 345 g/mol. The fraction of sp³-hybridized carbons (Fsp3) is 0.0526. The van der Waals surface area contributed by atoms with Crippen LogP contribution < -0.4 is 5.32 Å². The zero-order chi connectivity index (χ0) is 17.9. The van der Waals surface area contributed by atoms with Gasteiger partial charge in [-0.15, -0.1) is 0 Å². The largest absolute Gasteiger partial charge is 0.392 e. The number of aromatic nitrogens is 4. The number of nitrogens with zero attached hydrogens (tertiary/aromatic N) is 4. The molecular formula is C19H15N5O2. The Labute approximate surface area is 149 Å². The van der Waals surface area contributed by atoms with Crippen molar-refractivity contribution in [3.8, 4) is 11.3 Å². The second kappa shape index (κ2) is 6.73. The summed E-state index contributed by atoms with van der Waals surface area (Å²) in [4.78, 5) is 21.0. The minimum Gasteiger partial charge on any atom is -0.392 e. The second-order valence-electron chi connectivity index (χ2n) is 5.63. The van der Waals surface area contributed by atoms with Crippen molar-refractivity contribution in [1.29, 1.82) is 0 Å². The van der Waals surface area contributed by atoms with Crippen LogP contribution in [0.1, 0.15) is 15.9 Å². The predicted molar refractivity (Wildman–Crippen MR) is 96.5 cm³/mol. The summed E-state index contributed by atoms with van der Waals surface area (Å²) in [5.74, 6) is -0.361. The Kier molecular flexibility index (Phi) is 4.12. The van der Waals surface area contributed by atoms with Crippen LogP contribution in [0, 0.1) is 0 Å². The van der Waals surface area contributed by atoms with Crippen molar-refractivity contribution in [2.24, 2.45) is 0 Å². The molecule has 128 valence electrons. The van der Waals surface area contributed by atoms with Gasteiger partial charge in [-0.05, 0) is 12.1 Å². The maximum atomic E-state index is 12.7. The molecule has 0 saturated carbocycles. The molecule has 1 aromatic carbocycles. The molecule has 3 aromatic heterocycles. The van der Waals surface area contributed by atoms with Crippen LogP contribution in [0.15, 0.2) is 67.3 Å². The van der Waals surface area contributed by atoms with Crippen LogP contribution >= 0.6 is 0 Å². The fourth-order valence-electron chi connectivity index (χ4n) is 2.74. The Balaban J connectivity index is 1.73. The summed E-state index contributed by atoms with van der Waals surface area (Å²) in [5, 5.41) is 16.5. The van der Waals surface area contributed by atoms with Crippen molar-refractivity contribution in [3.05, 3.63) is 78.4 Å². The van der Waals surface area contributed by atoms with Crippen molar-refractivity contribution in [2.45, 2.75) is 6.61 Å². The van der Waals surface area contributed by atoms with Crippen molar-refractivity contribution in [3.63, 3.8) is 0 Å².